The van der Waals surface area contributed by atoms with Crippen LogP contribution in [0.3, 0.4) is 0 Å². The molecule has 8 aromatic rings. The Morgan fingerprint density at radius 1 is 0.519 bits per heavy atom. The minimum Gasteiger partial charge on any atom is -0.495 e. The van der Waals surface area contributed by atoms with Gasteiger partial charge < -0.3 is 41.0 Å². The van der Waals surface area contributed by atoms with Crippen molar-refractivity contribution in [1.29, 1.82) is 0 Å². The van der Waals surface area contributed by atoms with E-state index in [-0.39, 0.29) is 46.3 Å². The number of pyridine rings is 2. The Kier molecular flexibility index (Phi) is 18.8. The smallest absolute Gasteiger partial charge is 0.393 e. The van der Waals surface area contributed by atoms with Gasteiger partial charge in [0.15, 0.2) is 0 Å². The van der Waals surface area contributed by atoms with Gasteiger partial charge in [0, 0.05) is 70.5 Å². The number of nitrogens with one attached hydrogen (secondary N) is 4. The van der Waals surface area contributed by atoms with Crippen molar-refractivity contribution < 1.29 is 46.0 Å². The van der Waals surface area contributed by atoms with Crippen molar-refractivity contribution in [2.24, 2.45) is 0 Å². The van der Waals surface area contributed by atoms with Crippen molar-refractivity contribution in [2.75, 3.05) is 24.9 Å². The molecule has 77 heavy (non-hydrogen) atoms. The maximum atomic E-state index is 12.9. The number of nitrogens with zero attached hydrogens (tertiary/aromatic N) is 6. The van der Waals surface area contributed by atoms with E-state index < -0.39 is 37.4 Å². The number of aromatic nitrogens is 6. The van der Waals surface area contributed by atoms with Gasteiger partial charge in [0.1, 0.15) is 45.5 Å². The average Bonchev–Trinajstić information content (AvgIpc) is 4.01. The number of aliphatic hydroxyl groups is 2. The highest BCUT2D eigenvalue weighted by Gasteiger charge is 2.33. The van der Waals surface area contributed by atoms with Crippen LogP contribution >= 0.6 is 35.1 Å². The van der Waals surface area contributed by atoms with Crippen LogP contribution in [0.25, 0.3) is 42.7 Å². The van der Waals surface area contributed by atoms with E-state index in [4.69, 9.17) is 9.47 Å². The van der Waals surface area contributed by atoms with E-state index in [9.17, 15) is 36.6 Å². The monoisotopic (exact) mass is 1120 g/mol. The number of methoxy groups -OCH3 is 2. The molecule has 0 unspecified atom stereocenters. The molecule has 2 fully saturated rings. The van der Waals surface area contributed by atoms with Crippen LogP contribution in [0.2, 0.25) is 0 Å². The summed E-state index contributed by atoms with van der Waals surface area (Å²) in [6.45, 7) is 1.29. The number of benzene rings is 2. The van der Waals surface area contributed by atoms with Gasteiger partial charge in [-0.25, -0.2) is 19.9 Å². The molecule has 10 rings (SSSR count). The highest BCUT2D eigenvalue weighted by molar-refractivity contribution is 7.19. The van der Waals surface area contributed by atoms with E-state index in [2.05, 4.69) is 75.4 Å². The number of hydrogen-bond acceptors (Lipinski definition) is 16. The second kappa shape index (κ2) is 25.5. The average molecular weight is 1120 g/mol. The molecule has 0 spiro atoms. The van der Waals surface area contributed by atoms with Crippen molar-refractivity contribution in [3.63, 3.8) is 0 Å². The highest BCUT2D eigenvalue weighted by Crippen LogP contribution is 2.36. The third kappa shape index (κ3) is 15.9. The SMILES string of the molecule is COc1cncc(-c2ccc(CN[C@@H]3C[C@H](O)C[C@H](Nc4ncnc5sc(CC(F)(F)F)cc45)C3)cc2)c1.COc1cncc(-c2ccc(CN[C@@H]3C[C@H](O)C[C@H](Nc4ncnc5sc(CC(F)(F)F)cc45)C3)cc2)c1.Cl. The number of thiophene rings is 2. The number of rotatable bonds is 16. The quantitative estimate of drug-likeness (QED) is 0.0502. The fourth-order valence-electron chi connectivity index (χ4n) is 9.68. The fourth-order valence-corrected chi connectivity index (χ4v) is 11.7. The Hall–Kier alpha value is -6.27. The normalized spacial score (nSPS) is 19.7. The van der Waals surface area contributed by atoms with Gasteiger partial charge in [0.05, 0.1) is 62.4 Å². The van der Waals surface area contributed by atoms with Gasteiger partial charge in [0.25, 0.3) is 0 Å². The molecule has 6 N–H and O–H groups in total. The molecule has 0 aliphatic heterocycles. The molecule has 0 bridgehead atoms. The molecular weight excluding hydrogens is 1070 g/mol. The van der Waals surface area contributed by atoms with Gasteiger partial charge in [-0.1, -0.05) is 48.5 Å². The van der Waals surface area contributed by atoms with Gasteiger partial charge in [-0.15, -0.1) is 35.1 Å². The largest absolute Gasteiger partial charge is 0.495 e. The van der Waals surface area contributed by atoms with Gasteiger partial charge in [-0.2, -0.15) is 26.3 Å². The topological polar surface area (TPSA) is 184 Å². The van der Waals surface area contributed by atoms with Crippen LogP contribution < -0.4 is 30.7 Å². The molecule has 6 heterocycles. The summed E-state index contributed by atoms with van der Waals surface area (Å²) in [6, 6.07) is 23.3. The molecule has 0 saturated heterocycles. The molecule has 2 aliphatic rings. The van der Waals surface area contributed by atoms with E-state index in [1.165, 1.54) is 24.8 Å². The second-order valence-corrected chi connectivity index (χ2v) is 21.3. The van der Waals surface area contributed by atoms with E-state index >= 15 is 0 Å². The molecule has 6 aromatic heterocycles. The summed E-state index contributed by atoms with van der Waals surface area (Å²) >= 11 is 2.05. The lowest BCUT2D eigenvalue weighted by atomic mass is 9.88. The second-order valence-electron chi connectivity index (χ2n) is 19.1. The third-order valence-corrected chi connectivity index (χ3v) is 15.3. The van der Waals surface area contributed by atoms with Crippen molar-refractivity contribution in [2.45, 2.75) is 113 Å². The first-order valence-corrected chi connectivity index (χ1v) is 26.3. The van der Waals surface area contributed by atoms with Crippen molar-refractivity contribution >= 4 is 67.1 Å². The third-order valence-electron chi connectivity index (χ3n) is 13.2. The van der Waals surface area contributed by atoms with Crippen LogP contribution in [0.1, 0.15) is 59.4 Å². The Morgan fingerprint density at radius 3 is 1.29 bits per heavy atom. The molecule has 2 aromatic carbocycles. The van der Waals surface area contributed by atoms with Crippen molar-refractivity contribution in [1.82, 2.24) is 40.5 Å². The summed E-state index contributed by atoms with van der Waals surface area (Å²) in [5.74, 6) is 2.41. The van der Waals surface area contributed by atoms with Gasteiger partial charge in [0.2, 0.25) is 0 Å². The van der Waals surface area contributed by atoms with E-state index in [1.54, 1.807) is 39.0 Å². The summed E-state index contributed by atoms with van der Waals surface area (Å²) in [4.78, 5) is 26.7. The standard InChI is InChI=1S/2C27H28F3N5O2S.ClH/c2*1-37-22-6-18(13-31-14-22)17-4-2-16(3-5-17)12-32-19-7-20(9-21(36)8-19)35-25-24-10-23(11-27(28,29)30)38-26(24)34-15-33-25;/h2*2-6,10,13-15,19-21,32,36H,7-9,11-12H2,1H3,(H,33,34,35);1H/t2*19-,20+,21-;/m00./s1. The lowest BCUT2D eigenvalue weighted by molar-refractivity contribution is -0.127. The minimum atomic E-state index is -4.28. The number of hydrogen-bond donors (Lipinski definition) is 6. The first-order valence-electron chi connectivity index (χ1n) is 24.6. The number of fused-ring (bicyclic) bond motifs is 2. The van der Waals surface area contributed by atoms with Crippen LogP contribution in [0.5, 0.6) is 11.5 Å². The summed E-state index contributed by atoms with van der Waals surface area (Å²) < 4.78 is 87.7. The fraction of sp³-hybridized carbons (Fsp3) is 0.370. The maximum absolute atomic E-state index is 12.9. The first kappa shape index (κ1) is 56.9. The van der Waals surface area contributed by atoms with E-state index in [0.29, 0.717) is 82.3 Å². The van der Waals surface area contributed by atoms with Crippen LogP contribution in [-0.2, 0) is 25.9 Å². The van der Waals surface area contributed by atoms with Gasteiger partial charge in [-0.05, 0) is 85.0 Å². The Balaban J connectivity index is 0.000000201. The zero-order valence-corrected chi connectivity index (χ0v) is 44.3. The van der Waals surface area contributed by atoms with Crippen molar-refractivity contribution in [3.8, 4) is 33.8 Å². The van der Waals surface area contributed by atoms with Crippen LogP contribution in [0.4, 0.5) is 38.0 Å². The molecule has 0 amide bonds. The molecule has 6 atom stereocenters. The molecule has 0 radical (unpaired) electrons. The zero-order valence-electron chi connectivity index (χ0n) is 41.8. The predicted molar refractivity (Wildman–Crippen MR) is 290 cm³/mol. The number of anilines is 2. The van der Waals surface area contributed by atoms with Crippen LogP contribution in [0.15, 0.2) is 110 Å². The van der Waals surface area contributed by atoms with E-state index in [0.717, 1.165) is 68.9 Å². The first-order chi connectivity index (χ1) is 36.5. The summed E-state index contributed by atoms with van der Waals surface area (Å²) in [5.41, 5.74) is 6.26. The molecule has 408 valence electrons. The molecule has 14 nitrogen and oxygen atoms in total. The predicted octanol–water partition coefficient (Wildman–Crippen LogP) is 11.1. The van der Waals surface area contributed by atoms with Gasteiger partial charge >= 0.3 is 12.4 Å². The van der Waals surface area contributed by atoms with Gasteiger partial charge in [-0.3, -0.25) is 9.97 Å². The van der Waals surface area contributed by atoms with Crippen LogP contribution in [-0.4, -0.2) is 103 Å². The molecule has 2 aliphatic carbocycles. The summed E-state index contributed by atoms with van der Waals surface area (Å²) in [7, 11) is 3.23. The highest BCUT2D eigenvalue weighted by atomic mass is 35.5. The van der Waals surface area contributed by atoms with Crippen molar-refractivity contribution in [3.05, 3.63) is 131 Å². The lowest BCUT2D eigenvalue weighted by Gasteiger charge is -2.34. The number of aliphatic hydroxyl groups excluding tert-OH is 2. The summed E-state index contributed by atoms with van der Waals surface area (Å²) in [5, 5.41) is 36.0. The number of alkyl halides is 6. The minimum absolute atomic E-state index is 0. The molecule has 2 saturated carbocycles. The maximum Gasteiger partial charge on any atom is 0.393 e. The summed E-state index contributed by atoms with van der Waals surface area (Å²) in [6.07, 6.45) is 1.93. The van der Waals surface area contributed by atoms with Crippen LogP contribution in [0, 0.1) is 0 Å². The van der Waals surface area contributed by atoms with E-state index in [1.807, 2.05) is 36.4 Å². The molecular formula is C54H57ClF6N10O4S2. The number of halogens is 7. The zero-order chi connectivity index (χ0) is 53.4. The lowest BCUT2D eigenvalue weighted by Crippen LogP contribution is -2.44. The Morgan fingerprint density at radius 2 is 0.909 bits per heavy atom. The number of ether oxygens (including phenoxy) is 2. The Bertz CT molecular complexity index is 2980. The molecule has 23 heteroatoms. The Labute approximate surface area is 454 Å².